The lowest BCUT2D eigenvalue weighted by molar-refractivity contribution is 0.0215. The van der Waals surface area contributed by atoms with Gasteiger partial charge >= 0.3 is 6.16 Å². The van der Waals surface area contributed by atoms with E-state index in [9.17, 15) is 10.2 Å². The van der Waals surface area contributed by atoms with Crippen molar-refractivity contribution >= 4 is 34.9 Å². The molecule has 1 aliphatic rings. The molecule has 2 aromatic heterocycles. The highest BCUT2D eigenvalue weighted by Crippen LogP contribution is 2.34. The molecule has 3 aromatic rings. The molecule has 11 nitrogen and oxygen atoms in total. The zero-order chi connectivity index (χ0) is 23.1. The minimum atomic E-state index is -1.83. The van der Waals surface area contributed by atoms with E-state index in [1.165, 1.54) is 11.8 Å². The molecule has 0 saturated heterocycles. The Morgan fingerprint density at radius 1 is 1.19 bits per heavy atom. The van der Waals surface area contributed by atoms with Crippen molar-refractivity contribution in [3.05, 3.63) is 30.3 Å². The lowest BCUT2D eigenvalue weighted by Gasteiger charge is -2.16. The van der Waals surface area contributed by atoms with Crippen LogP contribution in [0.25, 0.3) is 11.2 Å². The first-order valence-corrected chi connectivity index (χ1v) is 11.1. The first-order valence-electron chi connectivity index (χ1n) is 10.3. The molecule has 32 heavy (non-hydrogen) atoms. The summed E-state index contributed by atoms with van der Waals surface area (Å²) in [5.41, 5.74) is 1.16. The number of anilines is 1. The Kier molecular flexibility index (Phi) is 8.20. The smallest absolute Gasteiger partial charge is 0.450 e. The van der Waals surface area contributed by atoms with Crippen LogP contribution < -0.4 is 5.32 Å². The molecule has 12 heteroatoms. The lowest BCUT2D eigenvalue weighted by atomic mass is 10.2. The van der Waals surface area contributed by atoms with Crippen molar-refractivity contribution in [3.8, 4) is 0 Å². The number of rotatable bonds is 7. The Morgan fingerprint density at radius 2 is 1.91 bits per heavy atom. The van der Waals surface area contributed by atoms with Gasteiger partial charge in [0.1, 0.15) is 6.10 Å². The number of aromatic nitrogens is 5. The van der Waals surface area contributed by atoms with Crippen LogP contribution >= 0.6 is 11.8 Å². The predicted octanol–water partition coefficient (Wildman–Crippen LogP) is 2.86. The second kappa shape index (κ2) is 11.1. The SMILES string of the molecule is CCCCNc1nc(Sc2ccccc2)nc2c1nnn2[C@@H]1CC[C@@H](O)[C@H]1O.O=C(O)O. The average molecular weight is 463 g/mol. The summed E-state index contributed by atoms with van der Waals surface area (Å²) in [5.74, 6) is 0.649. The normalized spacial score (nSPS) is 20.0. The number of aliphatic hydroxyl groups is 2. The Hall–Kier alpha value is -2.96. The van der Waals surface area contributed by atoms with Crippen molar-refractivity contribution in [2.24, 2.45) is 0 Å². The second-order valence-electron chi connectivity index (χ2n) is 7.24. The fourth-order valence-corrected chi connectivity index (χ4v) is 4.16. The van der Waals surface area contributed by atoms with E-state index in [1.54, 1.807) is 4.68 Å². The maximum absolute atomic E-state index is 10.3. The first kappa shape index (κ1) is 23.7. The highest BCUT2D eigenvalue weighted by molar-refractivity contribution is 7.99. The molecule has 0 unspecified atom stereocenters. The third-order valence-electron chi connectivity index (χ3n) is 4.94. The van der Waals surface area contributed by atoms with Crippen LogP contribution in [-0.2, 0) is 0 Å². The van der Waals surface area contributed by atoms with Crippen molar-refractivity contribution < 1.29 is 25.2 Å². The number of hydrogen-bond acceptors (Lipinski definition) is 9. The van der Waals surface area contributed by atoms with Gasteiger partial charge in [-0.3, -0.25) is 0 Å². The number of nitrogens with zero attached hydrogens (tertiary/aromatic N) is 5. The molecule has 0 amide bonds. The van der Waals surface area contributed by atoms with Gasteiger partial charge in [0.15, 0.2) is 22.1 Å². The van der Waals surface area contributed by atoms with Crippen LogP contribution in [0.15, 0.2) is 40.4 Å². The standard InChI is InChI=1S/C19H24N6O2S.CH2O3/c1-2-3-11-20-17-15-18(22-19(21-17)28-12-7-5-4-6-8-12)25(24-23-15)13-9-10-14(26)16(13)27;2-1(3)4/h4-8,13-14,16,26-27H,2-3,9-11H2,1H3,(H,20,21,22);(H2,2,3,4)/t13-,14-,16+;/m1./s1. The molecule has 1 aliphatic carbocycles. The number of benzene rings is 1. The van der Waals surface area contributed by atoms with Gasteiger partial charge in [0, 0.05) is 11.4 Å². The maximum atomic E-state index is 10.3. The van der Waals surface area contributed by atoms with Crippen molar-refractivity contribution in [1.29, 1.82) is 0 Å². The number of nitrogens with one attached hydrogen (secondary N) is 1. The molecule has 0 spiro atoms. The zero-order valence-corrected chi connectivity index (χ0v) is 18.3. The fourth-order valence-electron chi connectivity index (χ4n) is 3.39. The maximum Gasteiger partial charge on any atom is 0.503 e. The van der Waals surface area contributed by atoms with Crippen molar-refractivity contribution in [2.45, 2.75) is 60.9 Å². The van der Waals surface area contributed by atoms with E-state index in [0.29, 0.717) is 35.0 Å². The van der Waals surface area contributed by atoms with Gasteiger partial charge in [-0.15, -0.1) is 5.10 Å². The molecule has 1 fully saturated rings. The number of unbranched alkanes of at least 4 members (excludes halogenated alkanes) is 1. The summed E-state index contributed by atoms with van der Waals surface area (Å²) in [5, 5.41) is 46.7. The van der Waals surface area contributed by atoms with E-state index in [1.807, 2.05) is 30.3 Å². The quantitative estimate of drug-likeness (QED) is 0.259. The summed E-state index contributed by atoms with van der Waals surface area (Å²) < 4.78 is 1.64. The summed E-state index contributed by atoms with van der Waals surface area (Å²) in [7, 11) is 0. The zero-order valence-electron chi connectivity index (χ0n) is 17.5. The number of carboxylic acid groups (broad SMARTS) is 2. The molecule has 0 aliphatic heterocycles. The number of hydrogen-bond donors (Lipinski definition) is 5. The van der Waals surface area contributed by atoms with Gasteiger partial charge in [-0.05, 0) is 43.2 Å². The highest BCUT2D eigenvalue weighted by atomic mass is 32.2. The molecule has 0 bridgehead atoms. The number of fused-ring (bicyclic) bond motifs is 1. The topological polar surface area (TPSA) is 167 Å². The van der Waals surface area contributed by atoms with Crippen LogP contribution in [0.3, 0.4) is 0 Å². The van der Waals surface area contributed by atoms with Crippen molar-refractivity contribution in [3.63, 3.8) is 0 Å². The summed E-state index contributed by atoms with van der Waals surface area (Å²) in [6.07, 6.45) is -0.191. The van der Waals surface area contributed by atoms with Crippen molar-refractivity contribution in [2.75, 3.05) is 11.9 Å². The minimum Gasteiger partial charge on any atom is -0.450 e. The van der Waals surface area contributed by atoms with E-state index in [0.717, 1.165) is 24.3 Å². The Bertz CT molecular complexity index is 1030. The summed E-state index contributed by atoms with van der Waals surface area (Å²) in [4.78, 5) is 18.9. The molecule has 2 heterocycles. The number of carbonyl (C=O) groups is 1. The third-order valence-corrected chi connectivity index (χ3v) is 5.81. The molecule has 4 rings (SSSR count). The molecular formula is C20H26N6O5S. The highest BCUT2D eigenvalue weighted by Gasteiger charge is 2.37. The van der Waals surface area contributed by atoms with Gasteiger partial charge in [-0.25, -0.2) is 19.4 Å². The Balaban J connectivity index is 0.000000668. The minimum absolute atomic E-state index is 0.340. The van der Waals surface area contributed by atoms with Crippen LogP contribution in [-0.4, -0.2) is 70.3 Å². The van der Waals surface area contributed by atoms with E-state index < -0.39 is 18.4 Å². The van der Waals surface area contributed by atoms with E-state index in [4.69, 9.17) is 15.0 Å². The average Bonchev–Trinajstić information content (AvgIpc) is 3.32. The van der Waals surface area contributed by atoms with Crippen LogP contribution in [0, 0.1) is 0 Å². The van der Waals surface area contributed by atoms with Gasteiger partial charge in [-0.2, -0.15) is 0 Å². The molecule has 3 atom stereocenters. The third kappa shape index (κ3) is 5.84. The van der Waals surface area contributed by atoms with Gasteiger partial charge < -0.3 is 25.7 Å². The lowest BCUT2D eigenvalue weighted by Crippen LogP contribution is -2.28. The monoisotopic (exact) mass is 462 g/mol. The Morgan fingerprint density at radius 3 is 2.53 bits per heavy atom. The fraction of sp³-hybridized carbons (Fsp3) is 0.450. The molecule has 5 N–H and O–H groups in total. The van der Waals surface area contributed by atoms with E-state index in [2.05, 4.69) is 32.5 Å². The van der Waals surface area contributed by atoms with Crippen molar-refractivity contribution in [1.82, 2.24) is 25.0 Å². The largest absolute Gasteiger partial charge is 0.503 e. The van der Waals surface area contributed by atoms with E-state index >= 15 is 0 Å². The van der Waals surface area contributed by atoms with Gasteiger partial charge in [-0.1, -0.05) is 36.8 Å². The van der Waals surface area contributed by atoms with Gasteiger partial charge in [0.2, 0.25) is 0 Å². The summed E-state index contributed by atoms with van der Waals surface area (Å²) >= 11 is 1.47. The van der Waals surface area contributed by atoms with Crippen LogP contribution in [0.2, 0.25) is 0 Å². The van der Waals surface area contributed by atoms with Gasteiger partial charge in [0.05, 0.1) is 12.1 Å². The second-order valence-corrected chi connectivity index (χ2v) is 8.28. The molecule has 1 saturated carbocycles. The van der Waals surface area contributed by atoms with Gasteiger partial charge in [0.25, 0.3) is 0 Å². The molecule has 1 aromatic carbocycles. The number of aliphatic hydroxyl groups excluding tert-OH is 2. The molecule has 172 valence electrons. The first-order chi connectivity index (χ1) is 15.4. The Labute approximate surface area is 188 Å². The van der Waals surface area contributed by atoms with E-state index in [-0.39, 0.29) is 6.04 Å². The summed E-state index contributed by atoms with van der Waals surface area (Å²) in [6, 6.07) is 9.60. The van der Waals surface area contributed by atoms with Crippen LogP contribution in [0.4, 0.5) is 10.6 Å². The summed E-state index contributed by atoms with van der Waals surface area (Å²) in [6.45, 7) is 2.92. The van der Waals surface area contributed by atoms with Crippen LogP contribution in [0.1, 0.15) is 38.6 Å². The molecular weight excluding hydrogens is 436 g/mol. The molecule has 0 radical (unpaired) electrons. The van der Waals surface area contributed by atoms with Crippen LogP contribution in [0.5, 0.6) is 0 Å². The predicted molar refractivity (Wildman–Crippen MR) is 118 cm³/mol.